The number of hydrogen-bond donors (Lipinski definition) is 2. The number of rotatable bonds is 9. The minimum atomic E-state index is -1.33. The summed E-state index contributed by atoms with van der Waals surface area (Å²) in [6.07, 6.45) is 5.72. The van der Waals surface area contributed by atoms with Gasteiger partial charge in [0.25, 0.3) is 0 Å². The van der Waals surface area contributed by atoms with Gasteiger partial charge in [0.15, 0.2) is 5.78 Å². The quantitative estimate of drug-likeness (QED) is 0.364. The van der Waals surface area contributed by atoms with Gasteiger partial charge >= 0.3 is 5.97 Å². The third kappa shape index (κ3) is 4.45. The van der Waals surface area contributed by atoms with Crippen molar-refractivity contribution in [3.8, 4) is 0 Å². The second kappa shape index (κ2) is 8.44. The van der Waals surface area contributed by atoms with Gasteiger partial charge in [-0.3, -0.25) is 9.59 Å². The summed E-state index contributed by atoms with van der Waals surface area (Å²) in [5.74, 6) is -1.49. The Bertz CT molecular complexity index is 585. The molecule has 27 heavy (non-hydrogen) atoms. The summed E-state index contributed by atoms with van der Waals surface area (Å²) in [7, 11) is 0. The summed E-state index contributed by atoms with van der Waals surface area (Å²) in [4.78, 5) is 24.5. The fraction of sp³-hybridized carbons (Fsp3) is 0.818. The van der Waals surface area contributed by atoms with Gasteiger partial charge in [-0.2, -0.15) is 0 Å². The largest absolute Gasteiger partial charge is 0.481 e. The Hall–Kier alpha value is -1.20. The third-order valence-corrected chi connectivity index (χ3v) is 7.08. The molecular weight excluding hydrogens is 344 g/mol. The number of ether oxygens (including phenoxy) is 1. The molecule has 5 nitrogen and oxygen atoms in total. The number of carboxylic acids is 1. The molecule has 1 aliphatic heterocycles. The summed E-state index contributed by atoms with van der Waals surface area (Å²) in [5.41, 5.74) is 1.26. The van der Waals surface area contributed by atoms with Crippen LogP contribution in [0, 0.1) is 29.6 Å². The van der Waals surface area contributed by atoms with Gasteiger partial charge < -0.3 is 14.9 Å². The Morgan fingerprint density at radius 1 is 1.30 bits per heavy atom. The maximum atomic E-state index is 12.7. The number of allylic oxidation sites excluding steroid dienone is 1. The molecule has 2 aliphatic carbocycles. The molecule has 0 aromatic rings. The van der Waals surface area contributed by atoms with Gasteiger partial charge in [0.1, 0.15) is 18.1 Å². The van der Waals surface area contributed by atoms with Crippen LogP contribution in [0.1, 0.15) is 65.2 Å². The molecule has 0 amide bonds. The van der Waals surface area contributed by atoms with Gasteiger partial charge in [0, 0.05) is 0 Å². The van der Waals surface area contributed by atoms with Crippen LogP contribution in [0.25, 0.3) is 0 Å². The molecule has 152 valence electrons. The molecule has 0 radical (unpaired) electrons. The van der Waals surface area contributed by atoms with Gasteiger partial charge in [-0.1, -0.05) is 45.3 Å². The number of carboxylic acid groups (broad SMARTS) is 1. The van der Waals surface area contributed by atoms with Gasteiger partial charge in [0.2, 0.25) is 0 Å². The lowest BCUT2D eigenvalue weighted by Gasteiger charge is -2.21. The first-order chi connectivity index (χ1) is 12.8. The number of aliphatic hydroxyl groups is 1. The average molecular weight is 379 g/mol. The SMILES string of the molecule is C=C1CC[C@H](CCC)[C@H]1C[C@H]1OC1C(O)C(=O)C(C(=O)O)C1CCC(C)C1. The highest BCUT2D eigenvalue weighted by Crippen LogP contribution is 2.45. The molecule has 1 saturated heterocycles. The average Bonchev–Trinajstić information content (AvgIpc) is 3.14. The van der Waals surface area contributed by atoms with E-state index in [1.165, 1.54) is 12.0 Å². The summed E-state index contributed by atoms with van der Waals surface area (Å²) < 4.78 is 5.65. The van der Waals surface area contributed by atoms with Crippen molar-refractivity contribution in [2.75, 3.05) is 0 Å². The fourth-order valence-corrected chi connectivity index (χ4v) is 5.50. The molecule has 5 unspecified atom stereocenters. The second-order valence-corrected chi connectivity index (χ2v) is 9.07. The van der Waals surface area contributed by atoms with Gasteiger partial charge in [-0.25, -0.2) is 0 Å². The molecule has 8 atom stereocenters. The summed E-state index contributed by atoms with van der Waals surface area (Å²) in [6, 6.07) is 0. The smallest absolute Gasteiger partial charge is 0.314 e. The predicted molar refractivity (Wildman–Crippen MR) is 102 cm³/mol. The van der Waals surface area contributed by atoms with E-state index in [0.717, 1.165) is 44.9 Å². The lowest BCUT2D eigenvalue weighted by atomic mass is 9.82. The van der Waals surface area contributed by atoms with E-state index in [1.54, 1.807) is 0 Å². The van der Waals surface area contributed by atoms with Gasteiger partial charge in [-0.15, -0.1) is 0 Å². The van der Waals surface area contributed by atoms with E-state index in [1.807, 2.05) is 0 Å². The first kappa shape index (κ1) is 20.5. The molecule has 0 spiro atoms. The first-order valence-corrected chi connectivity index (χ1v) is 10.6. The maximum absolute atomic E-state index is 12.7. The molecule has 3 aliphatic rings. The number of epoxide rings is 1. The highest BCUT2D eigenvalue weighted by Gasteiger charge is 2.52. The molecule has 0 aromatic carbocycles. The molecule has 5 heteroatoms. The summed E-state index contributed by atoms with van der Waals surface area (Å²) in [5, 5.41) is 20.1. The lowest BCUT2D eigenvalue weighted by molar-refractivity contribution is -0.152. The zero-order chi connectivity index (χ0) is 19.7. The second-order valence-electron chi connectivity index (χ2n) is 9.07. The van der Waals surface area contributed by atoms with E-state index in [-0.39, 0.29) is 12.0 Å². The first-order valence-electron chi connectivity index (χ1n) is 10.6. The topological polar surface area (TPSA) is 87.1 Å². The minimum absolute atomic E-state index is 0.153. The number of aliphatic carboxylic acids is 1. The van der Waals surface area contributed by atoms with E-state index < -0.39 is 29.9 Å². The van der Waals surface area contributed by atoms with Crippen LogP contribution in [0.5, 0.6) is 0 Å². The van der Waals surface area contributed by atoms with E-state index in [2.05, 4.69) is 20.4 Å². The van der Waals surface area contributed by atoms with E-state index >= 15 is 0 Å². The Labute approximate surface area is 162 Å². The highest BCUT2D eigenvalue weighted by molar-refractivity contribution is 6.01. The Morgan fingerprint density at radius 2 is 2.04 bits per heavy atom. The molecule has 0 bridgehead atoms. The molecule has 1 heterocycles. The van der Waals surface area contributed by atoms with Crippen LogP contribution < -0.4 is 0 Å². The van der Waals surface area contributed by atoms with Crippen LogP contribution in [0.15, 0.2) is 12.2 Å². The van der Waals surface area contributed by atoms with E-state index in [4.69, 9.17) is 4.74 Å². The van der Waals surface area contributed by atoms with Crippen LogP contribution in [0.3, 0.4) is 0 Å². The van der Waals surface area contributed by atoms with Crippen molar-refractivity contribution in [2.24, 2.45) is 29.6 Å². The highest BCUT2D eigenvalue weighted by atomic mass is 16.6. The third-order valence-electron chi connectivity index (χ3n) is 7.08. The van der Waals surface area contributed by atoms with Crippen molar-refractivity contribution < 1.29 is 24.5 Å². The Kier molecular flexibility index (Phi) is 6.42. The predicted octanol–water partition coefficient (Wildman–Crippen LogP) is 3.59. The summed E-state index contributed by atoms with van der Waals surface area (Å²) >= 11 is 0. The monoisotopic (exact) mass is 378 g/mol. The van der Waals surface area contributed by atoms with Crippen LogP contribution in [-0.2, 0) is 14.3 Å². The van der Waals surface area contributed by atoms with Crippen molar-refractivity contribution in [2.45, 2.75) is 83.5 Å². The molecule has 2 N–H and O–H groups in total. The Morgan fingerprint density at radius 3 is 2.63 bits per heavy atom. The number of carbonyl (C=O) groups excluding carboxylic acids is 1. The minimum Gasteiger partial charge on any atom is -0.481 e. The zero-order valence-corrected chi connectivity index (χ0v) is 16.6. The number of hydrogen-bond acceptors (Lipinski definition) is 4. The summed E-state index contributed by atoms with van der Waals surface area (Å²) in [6.45, 7) is 8.47. The van der Waals surface area contributed by atoms with Crippen molar-refractivity contribution in [3.05, 3.63) is 12.2 Å². The van der Waals surface area contributed by atoms with Crippen molar-refractivity contribution in [1.82, 2.24) is 0 Å². The van der Waals surface area contributed by atoms with Crippen LogP contribution >= 0.6 is 0 Å². The van der Waals surface area contributed by atoms with Crippen LogP contribution in [0.2, 0.25) is 0 Å². The number of aliphatic hydroxyl groups excluding tert-OH is 1. The lowest BCUT2D eigenvalue weighted by Crippen LogP contribution is -2.40. The van der Waals surface area contributed by atoms with Crippen LogP contribution in [-0.4, -0.2) is 40.3 Å². The molecule has 2 saturated carbocycles. The molecule has 0 aromatic heterocycles. The fourth-order valence-electron chi connectivity index (χ4n) is 5.50. The normalized spacial score (nSPS) is 38.0. The van der Waals surface area contributed by atoms with Gasteiger partial charge in [0.05, 0.1) is 6.10 Å². The number of carbonyl (C=O) groups is 2. The Balaban J connectivity index is 1.58. The van der Waals surface area contributed by atoms with Crippen molar-refractivity contribution in [3.63, 3.8) is 0 Å². The van der Waals surface area contributed by atoms with Gasteiger partial charge in [-0.05, 0) is 55.8 Å². The number of ketones is 1. The zero-order valence-electron chi connectivity index (χ0n) is 16.6. The van der Waals surface area contributed by atoms with Crippen molar-refractivity contribution in [1.29, 1.82) is 0 Å². The van der Waals surface area contributed by atoms with E-state index in [9.17, 15) is 19.8 Å². The molecule has 3 fully saturated rings. The maximum Gasteiger partial charge on any atom is 0.314 e. The van der Waals surface area contributed by atoms with Crippen molar-refractivity contribution >= 4 is 11.8 Å². The molecule has 3 rings (SSSR count). The number of Topliss-reactive ketones (excluding diaryl/α,β-unsaturated/α-hetero) is 1. The standard InChI is InChI=1S/C22H34O5/c1-4-5-14-9-7-13(3)16(14)11-17-21(27-17)20(24)19(23)18(22(25)26)15-8-6-12(2)10-15/h12,14-18,20-21,24H,3-11H2,1-2H3,(H,25,26)/t12?,14-,15?,16-,17+,18?,20?,21?/m0/s1. The van der Waals surface area contributed by atoms with Crippen LogP contribution in [0.4, 0.5) is 0 Å². The molecular formula is C22H34O5. The van der Waals surface area contributed by atoms with E-state index in [0.29, 0.717) is 17.8 Å².